The molecule has 2 N–H and O–H groups in total. The first-order valence-electron chi connectivity index (χ1n) is 8.73. The molecule has 0 saturated carbocycles. The van der Waals surface area contributed by atoms with Crippen LogP contribution in [0, 0.1) is 12.8 Å². The molecule has 3 heterocycles. The van der Waals surface area contributed by atoms with Gasteiger partial charge in [0, 0.05) is 34.8 Å². The number of benzene rings is 1. The van der Waals surface area contributed by atoms with E-state index in [0.29, 0.717) is 17.3 Å². The molecule has 26 heavy (non-hydrogen) atoms. The molecular weight excluding hydrogens is 346 g/mol. The van der Waals surface area contributed by atoms with Gasteiger partial charge in [-0.1, -0.05) is 18.2 Å². The van der Waals surface area contributed by atoms with E-state index in [-0.39, 0.29) is 6.03 Å². The Kier molecular flexibility index (Phi) is 4.79. The van der Waals surface area contributed by atoms with Gasteiger partial charge in [-0.15, -0.1) is 11.8 Å². The van der Waals surface area contributed by atoms with Crippen LogP contribution >= 0.6 is 11.8 Å². The number of hydrogen-bond acceptors (Lipinski definition) is 4. The highest BCUT2D eigenvalue weighted by molar-refractivity contribution is 7.99. The molecule has 3 aromatic rings. The molecule has 1 atom stereocenters. The van der Waals surface area contributed by atoms with E-state index in [1.165, 1.54) is 4.90 Å². The van der Waals surface area contributed by atoms with Crippen molar-refractivity contribution in [3.05, 3.63) is 48.3 Å². The number of carbonyl (C=O) groups excluding carboxylic acids is 1. The molecule has 1 aliphatic rings. The molecular formula is C19H21N5OS. The maximum atomic E-state index is 12.6. The van der Waals surface area contributed by atoms with Crippen molar-refractivity contribution >= 4 is 34.5 Å². The topological polar surface area (TPSA) is 73.9 Å². The number of likely N-dealkylation sites (tertiary alicyclic amines) is 1. The molecule has 0 radical (unpaired) electrons. The van der Waals surface area contributed by atoms with Crippen LogP contribution < -0.4 is 5.32 Å². The van der Waals surface area contributed by atoms with E-state index >= 15 is 0 Å². The molecule has 1 aromatic carbocycles. The summed E-state index contributed by atoms with van der Waals surface area (Å²) in [5.74, 6) is 1.57. The molecule has 0 aliphatic carbocycles. The molecule has 1 saturated heterocycles. The molecule has 1 aliphatic heterocycles. The van der Waals surface area contributed by atoms with Crippen LogP contribution in [0.5, 0.6) is 0 Å². The van der Waals surface area contributed by atoms with E-state index in [0.717, 1.165) is 36.3 Å². The summed E-state index contributed by atoms with van der Waals surface area (Å²) < 4.78 is 0. The van der Waals surface area contributed by atoms with Gasteiger partial charge in [0.25, 0.3) is 0 Å². The number of nitrogens with zero attached hydrogens (tertiary/aromatic N) is 3. The molecule has 0 bridgehead atoms. The summed E-state index contributed by atoms with van der Waals surface area (Å²) in [6.07, 6.45) is 2.70. The first kappa shape index (κ1) is 16.9. The number of urea groups is 1. The number of hydrogen-bond donors (Lipinski definition) is 2. The normalized spacial score (nSPS) is 17.0. The van der Waals surface area contributed by atoms with Crippen LogP contribution in [0.15, 0.2) is 47.5 Å². The third kappa shape index (κ3) is 3.67. The Labute approximate surface area is 156 Å². The summed E-state index contributed by atoms with van der Waals surface area (Å²) in [7, 11) is 0. The molecule has 6 nitrogen and oxygen atoms in total. The van der Waals surface area contributed by atoms with Crippen molar-refractivity contribution in [2.24, 2.45) is 5.92 Å². The Morgan fingerprint density at radius 1 is 1.38 bits per heavy atom. The van der Waals surface area contributed by atoms with Gasteiger partial charge in [0.15, 0.2) is 5.65 Å². The summed E-state index contributed by atoms with van der Waals surface area (Å²) in [5.41, 5.74) is 2.32. The predicted octanol–water partition coefficient (Wildman–Crippen LogP) is 3.91. The van der Waals surface area contributed by atoms with Gasteiger partial charge in [-0.3, -0.25) is 5.10 Å². The molecule has 0 spiro atoms. The first-order valence-corrected chi connectivity index (χ1v) is 9.72. The van der Waals surface area contributed by atoms with Crippen LogP contribution in [0.25, 0.3) is 11.0 Å². The molecule has 2 amide bonds. The van der Waals surface area contributed by atoms with E-state index in [9.17, 15) is 4.79 Å². The van der Waals surface area contributed by atoms with Crippen molar-refractivity contribution in [3.63, 3.8) is 0 Å². The zero-order valence-electron chi connectivity index (χ0n) is 14.6. The van der Waals surface area contributed by atoms with Crippen molar-refractivity contribution in [3.8, 4) is 0 Å². The van der Waals surface area contributed by atoms with Crippen molar-refractivity contribution < 1.29 is 4.79 Å². The van der Waals surface area contributed by atoms with E-state index in [1.54, 1.807) is 6.20 Å². The maximum absolute atomic E-state index is 12.6. The number of H-pyrrole nitrogens is 1. The van der Waals surface area contributed by atoms with Gasteiger partial charge in [0.1, 0.15) is 0 Å². The lowest BCUT2D eigenvalue weighted by Gasteiger charge is -2.17. The third-order valence-electron chi connectivity index (χ3n) is 4.65. The quantitative estimate of drug-likeness (QED) is 0.686. The second-order valence-corrected chi connectivity index (χ2v) is 7.69. The molecule has 134 valence electrons. The zero-order chi connectivity index (χ0) is 17.9. The van der Waals surface area contributed by atoms with E-state index in [4.69, 9.17) is 0 Å². The molecule has 1 fully saturated rings. The summed E-state index contributed by atoms with van der Waals surface area (Å²) in [5, 5.41) is 10.9. The van der Waals surface area contributed by atoms with Crippen LogP contribution in [0.1, 0.15) is 12.1 Å². The number of rotatable bonds is 4. The molecule has 4 rings (SSSR count). The largest absolute Gasteiger partial charge is 0.324 e. The average molecular weight is 367 g/mol. The number of amides is 2. The van der Waals surface area contributed by atoms with Gasteiger partial charge in [-0.2, -0.15) is 5.10 Å². The molecule has 2 aromatic heterocycles. The number of aromatic nitrogens is 3. The fourth-order valence-electron chi connectivity index (χ4n) is 3.17. The van der Waals surface area contributed by atoms with Crippen LogP contribution in [0.4, 0.5) is 10.5 Å². The Bertz CT molecular complexity index is 911. The van der Waals surface area contributed by atoms with Crippen LogP contribution in [0.2, 0.25) is 0 Å². The minimum Gasteiger partial charge on any atom is -0.324 e. The number of nitrogens with one attached hydrogen (secondary N) is 2. The number of aryl methyl sites for hydroxylation is 1. The van der Waals surface area contributed by atoms with Crippen LogP contribution in [-0.4, -0.2) is 45.0 Å². The first-order chi connectivity index (χ1) is 12.7. The van der Waals surface area contributed by atoms with Crippen molar-refractivity contribution in [2.45, 2.75) is 18.2 Å². The number of fused-ring (bicyclic) bond motifs is 1. The third-order valence-corrected chi connectivity index (χ3v) is 5.90. The smallest absolute Gasteiger partial charge is 0.321 e. The number of carbonyl (C=O) groups is 1. The van der Waals surface area contributed by atoms with Gasteiger partial charge in [-0.25, -0.2) is 9.78 Å². The van der Waals surface area contributed by atoms with Crippen LogP contribution in [-0.2, 0) is 0 Å². The fraction of sp³-hybridized carbons (Fsp3) is 0.316. The Balaban J connectivity index is 1.32. The lowest BCUT2D eigenvalue weighted by Crippen LogP contribution is -2.33. The SMILES string of the molecule is Cc1[nH]nc2ncc(NC(=O)N3CCC(CSc4ccccc4)C3)cc12. The monoisotopic (exact) mass is 367 g/mol. The second-order valence-electron chi connectivity index (χ2n) is 6.60. The van der Waals surface area contributed by atoms with Gasteiger partial charge in [0.2, 0.25) is 0 Å². The number of pyridine rings is 1. The highest BCUT2D eigenvalue weighted by Crippen LogP contribution is 2.26. The fourth-order valence-corrected chi connectivity index (χ4v) is 4.22. The summed E-state index contributed by atoms with van der Waals surface area (Å²) in [6, 6.07) is 12.3. The Morgan fingerprint density at radius 2 is 2.23 bits per heavy atom. The minimum absolute atomic E-state index is 0.0560. The standard InChI is InChI=1S/C19H21N5OS/c1-13-17-9-15(10-20-18(17)23-22-13)21-19(25)24-8-7-14(11-24)12-26-16-5-3-2-4-6-16/h2-6,9-10,14H,7-8,11-12H2,1H3,(H,21,25)(H,20,22,23). The van der Waals surface area contributed by atoms with E-state index < -0.39 is 0 Å². The lowest BCUT2D eigenvalue weighted by molar-refractivity contribution is 0.221. The zero-order valence-corrected chi connectivity index (χ0v) is 15.4. The van der Waals surface area contributed by atoms with E-state index in [2.05, 4.69) is 44.8 Å². The summed E-state index contributed by atoms with van der Waals surface area (Å²) in [6.45, 7) is 3.54. The lowest BCUT2D eigenvalue weighted by atomic mass is 10.2. The number of thioether (sulfide) groups is 1. The number of aromatic amines is 1. The average Bonchev–Trinajstić information content (AvgIpc) is 3.28. The highest BCUT2D eigenvalue weighted by atomic mass is 32.2. The maximum Gasteiger partial charge on any atom is 0.321 e. The number of anilines is 1. The van der Waals surface area contributed by atoms with Crippen LogP contribution in [0.3, 0.4) is 0 Å². The van der Waals surface area contributed by atoms with Gasteiger partial charge < -0.3 is 10.2 Å². The Morgan fingerprint density at radius 3 is 3.08 bits per heavy atom. The molecule has 1 unspecified atom stereocenters. The minimum atomic E-state index is -0.0560. The second kappa shape index (κ2) is 7.37. The van der Waals surface area contributed by atoms with Gasteiger partial charge in [-0.05, 0) is 37.5 Å². The molecule has 7 heteroatoms. The van der Waals surface area contributed by atoms with Crippen molar-refractivity contribution in [1.29, 1.82) is 0 Å². The summed E-state index contributed by atoms with van der Waals surface area (Å²) >= 11 is 1.86. The predicted molar refractivity (Wildman–Crippen MR) is 104 cm³/mol. The van der Waals surface area contributed by atoms with Gasteiger partial charge >= 0.3 is 6.03 Å². The van der Waals surface area contributed by atoms with Crippen molar-refractivity contribution in [2.75, 3.05) is 24.2 Å². The highest BCUT2D eigenvalue weighted by Gasteiger charge is 2.26. The summed E-state index contributed by atoms with van der Waals surface area (Å²) in [4.78, 5) is 20.0. The van der Waals surface area contributed by atoms with E-state index in [1.807, 2.05) is 35.7 Å². The van der Waals surface area contributed by atoms with Gasteiger partial charge in [0.05, 0.1) is 11.9 Å². The Hall–Kier alpha value is -2.54. The van der Waals surface area contributed by atoms with Crippen molar-refractivity contribution in [1.82, 2.24) is 20.1 Å².